The van der Waals surface area contributed by atoms with E-state index in [0.717, 1.165) is 9.13 Å². The highest BCUT2D eigenvalue weighted by Gasteiger charge is 2.05. The number of phenolic OH excluding ortho intramolecular Hbond substituents is 1. The number of benzene rings is 2. The molecule has 102 valence electrons. The summed E-state index contributed by atoms with van der Waals surface area (Å²) < 4.78 is 0.995. The second-order valence-electron chi connectivity index (χ2n) is 4.20. The monoisotopic (exact) mass is 380 g/mol. The second kappa shape index (κ2) is 6.51. The van der Waals surface area contributed by atoms with Crippen molar-refractivity contribution in [2.24, 2.45) is 5.10 Å². The number of hydrogen-bond donors (Lipinski definition) is 2. The van der Waals surface area contributed by atoms with Gasteiger partial charge in [0.05, 0.1) is 5.71 Å². The molecule has 0 unspecified atom stereocenters. The zero-order valence-corrected chi connectivity index (χ0v) is 13.0. The van der Waals surface area contributed by atoms with E-state index >= 15 is 0 Å². The van der Waals surface area contributed by atoms with Gasteiger partial charge in [-0.2, -0.15) is 5.10 Å². The molecule has 0 aliphatic heterocycles. The van der Waals surface area contributed by atoms with Crippen LogP contribution >= 0.6 is 22.6 Å². The Kier molecular flexibility index (Phi) is 4.73. The van der Waals surface area contributed by atoms with Gasteiger partial charge in [0.1, 0.15) is 5.75 Å². The van der Waals surface area contributed by atoms with Crippen molar-refractivity contribution in [3.05, 3.63) is 63.2 Å². The van der Waals surface area contributed by atoms with E-state index in [2.05, 4.69) is 33.1 Å². The third-order valence-corrected chi connectivity index (χ3v) is 3.37. The summed E-state index contributed by atoms with van der Waals surface area (Å²) in [6.45, 7) is 1.79. The quantitative estimate of drug-likeness (QED) is 0.488. The first-order chi connectivity index (χ1) is 9.56. The van der Waals surface area contributed by atoms with Crippen LogP contribution < -0.4 is 5.43 Å². The van der Waals surface area contributed by atoms with Gasteiger partial charge in [-0.25, -0.2) is 5.43 Å². The molecular weight excluding hydrogens is 367 g/mol. The van der Waals surface area contributed by atoms with Gasteiger partial charge in [0.15, 0.2) is 0 Å². The van der Waals surface area contributed by atoms with Gasteiger partial charge in [0.25, 0.3) is 5.91 Å². The van der Waals surface area contributed by atoms with Gasteiger partial charge in [-0.3, -0.25) is 4.79 Å². The second-order valence-corrected chi connectivity index (χ2v) is 5.44. The summed E-state index contributed by atoms with van der Waals surface area (Å²) in [5, 5.41) is 13.3. The zero-order valence-electron chi connectivity index (χ0n) is 10.8. The summed E-state index contributed by atoms with van der Waals surface area (Å²) in [6.07, 6.45) is 0. The predicted octanol–water partition coefficient (Wildman–Crippen LogP) is 3.15. The highest BCUT2D eigenvalue weighted by atomic mass is 127. The van der Waals surface area contributed by atoms with E-state index in [9.17, 15) is 9.90 Å². The van der Waals surface area contributed by atoms with Crippen molar-refractivity contribution in [3.63, 3.8) is 0 Å². The minimum Gasteiger partial charge on any atom is -0.508 e. The molecule has 1 amide bonds. The molecule has 0 aliphatic carbocycles. The number of amides is 1. The first-order valence-electron chi connectivity index (χ1n) is 5.96. The number of hydrogen-bond acceptors (Lipinski definition) is 3. The third kappa shape index (κ3) is 3.80. The maximum absolute atomic E-state index is 11.9. The molecule has 0 spiro atoms. The number of phenols is 1. The van der Waals surface area contributed by atoms with Crippen LogP contribution in [0.4, 0.5) is 0 Å². The van der Waals surface area contributed by atoms with Crippen LogP contribution in [0, 0.1) is 3.57 Å². The summed E-state index contributed by atoms with van der Waals surface area (Å²) in [4.78, 5) is 11.9. The summed E-state index contributed by atoms with van der Waals surface area (Å²) in [5.41, 5.74) is 4.60. The van der Waals surface area contributed by atoms with Gasteiger partial charge >= 0.3 is 0 Å². The fourth-order valence-corrected chi connectivity index (χ4v) is 2.14. The van der Waals surface area contributed by atoms with Gasteiger partial charge in [-0.1, -0.05) is 6.07 Å². The molecule has 0 saturated heterocycles. The third-order valence-electron chi connectivity index (χ3n) is 2.70. The number of hydrazone groups is 1. The average Bonchev–Trinajstić information content (AvgIpc) is 2.45. The minimum absolute atomic E-state index is 0.199. The van der Waals surface area contributed by atoms with Crippen LogP contribution in [0.1, 0.15) is 22.8 Å². The first-order valence-corrected chi connectivity index (χ1v) is 7.04. The standard InChI is InChI=1S/C15H13IN2O2/c1-10(11-5-7-14(19)8-6-11)17-18-15(20)12-3-2-4-13(16)9-12/h2-9,19H,1H3,(H,18,20)/b17-10+. The molecule has 0 heterocycles. The molecule has 0 radical (unpaired) electrons. The largest absolute Gasteiger partial charge is 0.508 e. The van der Waals surface area contributed by atoms with Crippen LogP contribution in [0.5, 0.6) is 5.75 Å². The van der Waals surface area contributed by atoms with E-state index in [4.69, 9.17) is 0 Å². The maximum atomic E-state index is 11.9. The summed E-state index contributed by atoms with van der Waals surface area (Å²) in [7, 11) is 0. The van der Waals surface area contributed by atoms with Crippen LogP contribution in [0.15, 0.2) is 53.6 Å². The van der Waals surface area contributed by atoms with Crippen molar-refractivity contribution in [1.29, 1.82) is 0 Å². The van der Waals surface area contributed by atoms with Crippen LogP contribution in [-0.4, -0.2) is 16.7 Å². The lowest BCUT2D eigenvalue weighted by atomic mass is 10.1. The van der Waals surface area contributed by atoms with E-state index in [1.54, 1.807) is 43.3 Å². The Morgan fingerprint density at radius 2 is 1.85 bits per heavy atom. The molecule has 2 rings (SSSR count). The number of nitrogens with one attached hydrogen (secondary N) is 1. The molecule has 2 aromatic carbocycles. The molecular formula is C15H13IN2O2. The fraction of sp³-hybridized carbons (Fsp3) is 0.0667. The molecule has 20 heavy (non-hydrogen) atoms. The van der Waals surface area contributed by atoms with Crippen molar-refractivity contribution in [3.8, 4) is 5.75 Å². The minimum atomic E-state index is -0.248. The lowest BCUT2D eigenvalue weighted by Crippen LogP contribution is -2.19. The maximum Gasteiger partial charge on any atom is 0.271 e. The number of rotatable bonds is 3. The highest BCUT2D eigenvalue weighted by molar-refractivity contribution is 14.1. The van der Waals surface area contributed by atoms with Crippen molar-refractivity contribution in [2.45, 2.75) is 6.92 Å². The number of carbonyl (C=O) groups is 1. The molecule has 4 nitrogen and oxygen atoms in total. The summed E-state index contributed by atoms with van der Waals surface area (Å²) in [5.74, 6) is -0.0499. The van der Waals surface area contributed by atoms with Gasteiger partial charge in [0.2, 0.25) is 0 Å². The van der Waals surface area contributed by atoms with E-state index < -0.39 is 0 Å². The average molecular weight is 380 g/mol. The lowest BCUT2D eigenvalue weighted by Gasteiger charge is -2.03. The van der Waals surface area contributed by atoms with E-state index in [1.807, 2.05) is 12.1 Å². The number of nitrogens with zero attached hydrogens (tertiary/aromatic N) is 1. The molecule has 0 saturated carbocycles. The van der Waals surface area contributed by atoms with Crippen LogP contribution in [0.3, 0.4) is 0 Å². The van der Waals surface area contributed by atoms with Crippen molar-refractivity contribution < 1.29 is 9.90 Å². The van der Waals surface area contributed by atoms with Crippen LogP contribution in [-0.2, 0) is 0 Å². The molecule has 2 N–H and O–H groups in total. The smallest absolute Gasteiger partial charge is 0.271 e. The van der Waals surface area contributed by atoms with E-state index in [1.165, 1.54) is 0 Å². The van der Waals surface area contributed by atoms with E-state index in [-0.39, 0.29) is 11.7 Å². The fourth-order valence-electron chi connectivity index (χ4n) is 1.60. The molecule has 0 aromatic heterocycles. The molecule has 0 fully saturated rings. The van der Waals surface area contributed by atoms with E-state index in [0.29, 0.717) is 11.3 Å². The van der Waals surface area contributed by atoms with Crippen LogP contribution in [0.2, 0.25) is 0 Å². The van der Waals surface area contributed by atoms with Gasteiger partial charge < -0.3 is 5.11 Å². The Balaban J connectivity index is 2.08. The number of halogens is 1. The first kappa shape index (κ1) is 14.5. The van der Waals surface area contributed by atoms with Crippen molar-refractivity contribution >= 4 is 34.2 Å². The van der Waals surface area contributed by atoms with Gasteiger partial charge in [-0.15, -0.1) is 0 Å². The SMILES string of the molecule is C/C(=N\NC(=O)c1cccc(I)c1)c1ccc(O)cc1. The number of carbonyl (C=O) groups excluding carboxylic acids is 1. The highest BCUT2D eigenvalue weighted by Crippen LogP contribution is 2.10. The Labute approximate surface area is 130 Å². The van der Waals surface area contributed by atoms with Crippen molar-refractivity contribution in [2.75, 3.05) is 0 Å². The molecule has 0 aliphatic rings. The molecule has 5 heteroatoms. The molecule has 2 aromatic rings. The Hall–Kier alpha value is -1.89. The van der Waals surface area contributed by atoms with Gasteiger partial charge in [0, 0.05) is 9.13 Å². The topological polar surface area (TPSA) is 61.7 Å². The summed E-state index contributed by atoms with van der Waals surface area (Å²) in [6, 6.07) is 13.9. The lowest BCUT2D eigenvalue weighted by molar-refractivity contribution is 0.0955. The predicted molar refractivity (Wildman–Crippen MR) is 86.9 cm³/mol. The molecule has 0 bridgehead atoms. The Bertz CT molecular complexity index is 651. The summed E-state index contributed by atoms with van der Waals surface area (Å²) >= 11 is 2.15. The molecule has 0 atom stereocenters. The normalized spacial score (nSPS) is 11.2. The Morgan fingerprint density at radius 1 is 1.15 bits per heavy atom. The number of aromatic hydroxyl groups is 1. The van der Waals surface area contributed by atoms with Gasteiger partial charge in [-0.05, 0) is 77.5 Å². The van der Waals surface area contributed by atoms with Crippen LogP contribution in [0.25, 0.3) is 0 Å². The zero-order chi connectivity index (χ0) is 14.5. The van der Waals surface area contributed by atoms with Crippen molar-refractivity contribution in [1.82, 2.24) is 5.43 Å². The Morgan fingerprint density at radius 3 is 2.50 bits per heavy atom.